The molecule has 6 heterocycles. The van der Waals surface area contributed by atoms with Gasteiger partial charge >= 0.3 is 0 Å². The van der Waals surface area contributed by atoms with Gasteiger partial charge in [-0.05, 0) is 192 Å². The first-order chi connectivity index (χ1) is 59.5. The fourth-order valence-corrected chi connectivity index (χ4v) is 24.6. The van der Waals surface area contributed by atoms with Crippen molar-refractivity contribution >= 4 is 133 Å². The normalized spacial score (nSPS) is 14.0. The minimum atomic E-state index is -0.508. The molecule has 6 aliphatic rings. The molecule has 0 atom stereocenters. The van der Waals surface area contributed by atoms with E-state index in [9.17, 15) is 0 Å². The van der Waals surface area contributed by atoms with Crippen molar-refractivity contribution in [2.24, 2.45) is 0 Å². The van der Waals surface area contributed by atoms with E-state index in [4.69, 9.17) is 13.6 Å². The van der Waals surface area contributed by atoms with Gasteiger partial charge < -0.3 is 29.5 Å². The van der Waals surface area contributed by atoms with Crippen molar-refractivity contribution in [1.82, 2.24) is 0 Å². The number of ether oxygens (including phenoxy) is 1. The third-order valence-corrected chi connectivity index (χ3v) is 29.1. The molecule has 21 aromatic rings. The smallest absolute Gasteiger partial charge is 0.137 e. The zero-order valence-corrected chi connectivity index (χ0v) is 67.0. The van der Waals surface area contributed by atoms with Crippen LogP contribution in [0.2, 0.25) is 0 Å². The highest BCUT2D eigenvalue weighted by atomic mass is 32.2. The third-order valence-electron chi connectivity index (χ3n) is 25.6. The number of nitrogens with one attached hydrogen (secondary N) is 3. The molecule has 0 fully saturated rings. The average molecular weight is 1590 g/mol. The van der Waals surface area contributed by atoms with Gasteiger partial charge in [0.1, 0.15) is 33.8 Å². The van der Waals surface area contributed by atoms with Gasteiger partial charge in [-0.1, -0.05) is 321 Å². The van der Waals surface area contributed by atoms with Crippen molar-refractivity contribution in [3.05, 3.63) is 467 Å². The zero-order valence-electron chi connectivity index (χ0n) is 64.6. The van der Waals surface area contributed by atoms with E-state index in [2.05, 4.69) is 380 Å². The van der Waals surface area contributed by atoms with E-state index in [1.807, 2.05) is 71.3 Å². The van der Waals surface area contributed by atoms with Crippen molar-refractivity contribution in [3.63, 3.8) is 0 Å². The van der Waals surface area contributed by atoms with E-state index in [0.29, 0.717) is 0 Å². The second-order valence-corrected chi connectivity index (χ2v) is 34.8. The molecule has 3 N–H and O–H groups in total. The Morgan fingerprint density at radius 3 is 1.18 bits per heavy atom. The summed E-state index contributed by atoms with van der Waals surface area (Å²) in [6.07, 6.45) is 0. The quantitative estimate of drug-likeness (QED) is 0.152. The maximum absolute atomic E-state index is 6.68. The molecule has 3 spiro atoms. The Labute approximate surface area is 705 Å². The van der Waals surface area contributed by atoms with Gasteiger partial charge in [-0.25, -0.2) is 0 Å². The molecule has 564 valence electrons. The summed E-state index contributed by atoms with van der Waals surface area (Å²) in [6, 6.07) is 144. The van der Waals surface area contributed by atoms with E-state index in [-0.39, 0.29) is 10.8 Å². The van der Waals surface area contributed by atoms with Crippen molar-refractivity contribution in [2.45, 2.75) is 35.8 Å². The predicted molar refractivity (Wildman–Crippen MR) is 496 cm³/mol. The number of thiophene rings is 1. The van der Waals surface area contributed by atoms with Crippen LogP contribution in [-0.4, -0.2) is 0 Å². The zero-order chi connectivity index (χ0) is 78.8. The lowest BCUT2D eigenvalue weighted by Crippen LogP contribution is -2.33. The molecule has 27 rings (SSSR count). The second kappa shape index (κ2) is 26.9. The summed E-state index contributed by atoms with van der Waals surface area (Å²) < 4.78 is 21.6. The van der Waals surface area contributed by atoms with Gasteiger partial charge in [0.05, 0.1) is 44.1 Å². The second-order valence-electron chi connectivity index (χ2n) is 31.6. The molecule has 120 heavy (non-hydrogen) atoms. The lowest BCUT2D eigenvalue weighted by Gasteiger charge is -2.40. The Morgan fingerprint density at radius 2 is 0.600 bits per heavy atom. The summed E-state index contributed by atoms with van der Waals surface area (Å²) in [4.78, 5) is 5.14. The molecule has 3 aromatic heterocycles. The van der Waals surface area contributed by atoms with Crippen molar-refractivity contribution in [2.75, 3.05) is 16.0 Å². The number of para-hydroxylation sites is 3. The number of hydrogen-bond acceptors (Lipinski definition) is 9. The predicted octanol–water partition coefficient (Wildman–Crippen LogP) is 30.6. The minimum absolute atomic E-state index is 0.344. The number of furan rings is 2. The number of rotatable bonds is 6. The molecule has 18 aromatic carbocycles. The highest BCUT2D eigenvalue weighted by molar-refractivity contribution is 8.00. The third kappa shape index (κ3) is 9.88. The molecule has 0 amide bonds. The first-order valence-electron chi connectivity index (χ1n) is 40.8. The fourth-order valence-electron chi connectivity index (χ4n) is 21.0. The van der Waals surface area contributed by atoms with Crippen molar-refractivity contribution in [3.8, 4) is 44.9 Å². The molecule has 9 heteroatoms. The lowest BCUT2D eigenvalue weighted by atomic mass is 9.65. The summed E-state index contributed by atoms with van der Waals surface area (Å²) in [5.74, 6) is 1.79. The summed E-state index contributed by atoms with van der Waals surface area (Å²) in [5, 5.41) is 18.5. The first-order valence-corrected chi connectivity index (χ1v) is 43.3. The van der Waals surface area contributed by atoms with Crippen molar-refractivity contribution < 1.29 is 13.6 Å². The van der Waals surface area contributed by atoms with Crippen LogP contribution in [0.15, 0.2) is 429 Å². The number of benzene rings is 18. The average Bonchev–Trinajstić information content (AvgIpc) is 1.53. The van der Waals surface area contributed by atoms with Crippen LogP contribution in [0.3, 0.4) is 0 Å². The summed E-state index contributed by atoms with van der Waals surface area (Å²) in [7, 11) is 0. The van der Waals surface area contributed by atoms with Crippen LogP contribution < -0.4 is 20.7 Å². The Hall–Kier alpha value is -14.3. The highest BCUT2D eigenvalue weighted by Gasteiger charge is 2.54. The number of anilines is 6. The molecule has 0 saturated carbocycles. The Morgan fingerprint density at radius 1 is 0.225 bits per heavy atom. The van der Waals surface area contributed by atoms with Gasteiger partial charge in [0.15, 0.2) is 0 Å². The van der Waals surface area contributed by atoms with Gasteiger partial charge in [-0.3, -0.25) is 0 Å². The molecule has 3 aliphatic heterocycles. The lowest BCUT2D eigenvalue weighted by molar-refractivity contribution is 0.437. The van der Waals surface area contributed by atoms with E-state index in [1.165, 1.54) is 134 Å². The van der Waals surface area contributed by atoms with Gasteiger partial charge in [-0.2, -0.15) is 0 Å². The van der Waals surface area contributed by atoms with Gasteiger partial charge in [0.25, 0.3) is 0 Å². The van der Waals surface area contributed by atoms with E-state index < -0.39 is 5.41 Å². The van der Waals surface area contributed by atoms with Crippen LogP contribution in [-0.2, 0) is 16.2 Å². The summed E-state index contributed by atoms with van der Waals surface area (Å²) in [6.45, 7) is 0. The van der Waals surface area contributed by atoms with Crippen LogP contribution in [0, 0.1) is 0 Å². The Bertz CT molecular complexity index is 7730. The van der Waals surface area contributed by atoms with Crippen LogP contribution in [0.25, 0.3) is 97.4 Å². The highest BCUT2D eigenvalue weighted by Crippen LogP contribution is 2.67. The van der Waals surface area contributed by atoms with Crippen molar-refractivity contribution in [1.29, 1.82) is 0 Å². The maximum Gasteiger partial charge on any atom is 0.137 e. The van der Waals surface area contributed by atoms with Gasteiger partial charge in [-0.15, -0.1) is 11.3 Å². The monoisotopic (exact) mass is 1590 g/mol. The van der Waals surface area contributed by atoms with E-state index in [0.717, 1.165) is 95.1 Å². The molecule has 6 nitrogen and oxygen atoms in total. The molecule has 0 unspecified atom stereocenters. The maximum atomic E-state index is 6.68. The van der Waals surface area contributed by atoms with Gasteiger partial charge in [0, 0.05) is 78.7 Å². The SMILES string of the molecule is c1ccc2c(c1)Oc1cccc(Nc3cccc4sc5ccccc5c34)c1C21c2ccccc2-c2ccccc21.c1ccc2c(c1)Sc1c(Nc3cccc4oc5ccccc5c34)cccc1C21c2ccccc2-c2ccccc21.c1ccc2c(c1)Sc1cc(Nc3cccc4oc5ccccc5c34)ccc1C21c2ccccc2-c2ccccc21. The first kappa shape index (κ1) is 68.9. The molecule has 0 radical (unpaired) electrons. The Kier molecular flexibility index (Phi) is 15.4. The Balaban J connectivity index is 0.0000000997. The molecule has 3 aliphatic carbocycles. The van der Waals surface area contributed by atoms with E-state index >= 15 is 0 Å². The largest absolute Gasteiger partial charge is 0.457 e. The summed E-state index contributed by atoms with van der Waals surface area (Å²) >= 11 is 5.57. The van der Waals surface area contributed by atoms with E-state index in [1.54, 1.807) is 0 Å². The molecule has 0 bridgehead atoms. The number of hydrogen-bond donors (Lipinski definition) is 3. The standard InChI is InChI=1S/3C37H23NOS/c1-4-14-26-23(11-1)24-12-2-5-15-27(24)37(26)28-16-6-7-19-31(28)39-32-20-9-18-30(36(32)37)38-29-17-10-22-34-35(29)25-13-3-8-21-33(25)40-34;1-4-14-26-23(11-1)24-12-2-5-15-27(24)37(26)28-16-6-8-22-34(28)40-36-29(37)17-9-19-31(36)38-30-18-10-21-33-35(30)25-13-3-7-20-32(25)39-33;1-4-13-27-24(10-1)25-11-2-5-14-28(25)37(27)29-15-6-8-19-34(29)40-35-22-23(20-21-30(35)37)38-31-16-9-18-33-36(31)26-12-3-7-17-32(26)39-33/h3*1-22,38H. The van der Waals surface area contributed by atoms with Crippen LogP contribution in [0.1, 0.15) is 66.8 Å². The van der Waals surface area contributed by atoms with Crippen LogP contribution in [0.4, 0.5) is 34.1 Å². The topological polar surface area (TPSA) is 71.6 Å². The van der Waals surface area contributed by atoms with Gasteiger partial charge in [0.2, 0.25) is 0 Å². The fraction of sp³-hybridized carbons (Fsp3) is 0.0270. The van der Waals surface area contributed by atoms with Crippen LogP contribution in [0.5, 0.6) is 11.5 Å². The minimum Gasteiger partial charge on any atom is -0.457 e. The molecular weight excluding hydrogens is 1520 g/mol. The number of fused-ring (bicyclic) bond motifs is 36. The molecular formula is C111H69N3O3S3. The summed E-state index contributed by atoms with van der Waals surface area (Å²) in [5.41, 5.74) is 32.4. The molecule has 0 saturated heterocycles. The van der Waals surface area contributed by atoms with Crippen LogP contribution >= 0.6 is 34.9 Å².